The Morgan fingerprint density at radius 1 is 1.15 bits per heavy atom. The molecule has 1 amide bonds. The highest BCUT2D eigenvalue weighted by Gasteiger charge is 2.30. The summed E-state index contributed by atoms with van der Waals surface area (Å²) in [7, 11) is 0. The van der Waals surface area contributed by atoms with Crippen LogP contribution in [-0.2, 0) is 6.54 Å². The second-order valence-electron chi connectivity index (χ2n) is 4.99. The lowest BCUT2D eigenvalue weighted by molar-refractivity contribution is 0.0994. The molecule has 1 aliphatic rings. The van der Waals surface area contributed by atoms with Crippen molar-refractivity contribution in [1.82, 2.24) is 10.2 Å². The summed E-state index contributed by atoms with van der Waals surface area (Å²) in [6.07, 6.45) is 2.35. The summed E-state index contributed by atoms with van der Waals surface area (Å²) in [5.74, 6) is 0.242. The molecular weight excluding hydrogens is 252 g/mol. The molecule has 1 aromatic heterocycles. The first-order chi connectivity index (χ1) is 9.74. The van der Waals surface area contributed by atoms with Crippen LogP contribution in [0.15, 0.2) is 42.5 Å². The van der Waals surface area contributed by atoms with Gasteiger partial charge < -0.3 is 10.6 Å². The Hall–Kier alpha value is -2.43. The van der Waals surface area contributed by atoms with Gasteiger partial charge in [-0.25, -0.2) is 0 Å². The van der Waals surface area contributed by atoms with Crippen molar-refractivity contribution in [1.29, 1.82) is 0 Å². The van der Waals surface area contributed by atoms with E-state index in [0.29, 0.717) is 6.04 Å². The number of nitrogens with two attached hydrogens (primary N) is 1. The normalized spacial score (nSPS) is 14.0. The van der Waals surface area contributed by atoms with E-state index >= 15 is 0 Å². The molecule has 2 aromatic rings. The van der Waals surface area contributed by atoms with Gasteiger partial charge in [0.05, 0.1) is 0 Å². The highest BCUT2D eigenvalue weighted by molar-refractivity contribution is 5.90. The Kier molecular flexibility index (Phi) is 3.33. The molecule has 1 fully saturated rings. The molecule has 1 aliphatic carbocycles. The molecule has 0 bridgehead atoms. The standard InChI is InChI=1S/C15H16N4O/c16-15(20)13-8-9-14(18-17-13)19(12-6-7-12)10-11-4-2-1-3-5-11/h1-5,8-9,12H,6-7,10H2,(H2,16,20). The smallest absolute Gasteiger partial charge is 0.269 e. The summed E-state index contributed by atoms with van der Waals surface area (Å²) in [6.45, 7) is 0.802. The van der Waals surface area contributed by atoms with Crippen LogP contribution in [0.4, 0.5) is 5.82 Å². The van der Waals surface area contributed by atoms with Crippen LogP contribution >= 0.6 is 0 Å². The number of primary amides is 1. The SMILES string of the molecule is NC(=O)c1ccc(N(Cc2ccccc2)C2CC2)nn1. The van der Waals surface area contributed by atoms with Gasteiger partial charge in [-0.05, 0) is 30.5 Å². The van der Waals surface area contributed by atoms with E-state index in [-0.39, 0.29) is 5.69 Å². The molecule has 0 aliphatic heterocycles. The predicted octanol–water partition coefficient (Wildman–Crippen LogP) is 1.74. The van der Waals surface area contributed by atoms with Crippen molar-refractivity contribution in [3.63, 3.8) is 0 Å². The summed E-state index contributed by atoms with van der Waals surface area (Å²) in [5.41, 5.74) is 6.62. The molecule has 0 atom stereocenters. The van der Waals surface area contributed by atoms with Crippen molar-refractivity contribution in [2.24, 2.45) is 5.73 Å². The third kappa shape index (κ3) is 2.77. The molecule has 20 heavy (non-hydrogen) atoms. The fraction of sp³-hybridized carbons (Fsp3) is 0.267. The molecule has 0 spiro atoms. The minimum atomic E-state index is -0.551. The van der Waals surface area contributed by atoms with Crippen molar-refractivity contribution in [2.75, 3.05) is 4.90 Å². The molecule has 0 unspecified atom stereocenters. The summed E-state index contributed by atoms with van der Waals surface area (Å²) >= 11 is 0. The Morgan fingerprint density at radius 2 is 1.90 bits per heavy atom. The lowest BCUT2D eigenvalue weighted by Gasteiger charge is -2.23. The van der Waals surface area contributed by atoms with E-state index in [9.17, 15) is 4.79 Å². The van der Waals surface area contributed by atoms with Crippen LogP contribution in [0.25, 0.3) is 0 Å². The first-order valence-corrected chi connectivity index (χ1v) is 6.68. The second-order valence-corrected chi connectivity index (χ2v) is 4.99. The number of anilines is 1. The summed E-state index contributed by atoms with van der Waals surface area (Å²) < 4.78 is 0. The minimum absolute atomic E-state index is 0.198. The van der Waals surface area contributed by atoms with Crippen molar-refractivity contribution >= 4 is 11.7 Å². The number of hydrogen-bond donors (Lipinski definition) is 1. The fourth-order valence-corrected chi connectivity index (χ4v) is 2.17. The maximum Gasteiger partial charge on any atom is 0.269 e. The van der Waals surface area contributed by atoms with Gasteiger partial charge in [-0.1, -0.05) is 30.3 Å². The monoisotopic (exact) mass is 268 g/mol. The van der Waals surface area contributed by atoms with E-state index in [1.807, 2.05) is 24.3 Å². The van der Waals surface area contributed by atoms with E-state index in [4.69, 9.17) is 5.73 Å². The molecule has 5 heteroatoms. The molecule has 1 saturated carbocycles. The first-order valence-electron chi connectivity index (χ1n) is 6.68. The second kappa shape index (κ2) is 5.28. The highest BCUT2D eigenvalue weighted by atomic mass is 16.1. The van der Waals surface area contributed by atoms with Gasteiger partial charge in [0.15, 0.2) is 11.5 Å². The number of benzene rings is 1. The Bertz CT molecular complexity index is 593. The van der Waals surface area contributed by atoms with Gasteiger partial charge in [-0.15, -0.1) is 10.2 Å². The lowest BCUT2D eigenvalue weighted by atomic mass is 10.2. The van der Waals surface area contributed by atoms with Crippen LogP contribution in [-0.4, -0.2) is 22.1 Å². The molecule has 2 N–H and O–H groups in total. The molecule has 1 aromatic carbocycles. The zero-order chi connectivity index (χ0) is 13.9. The number of carbonyl (C=O) groups is 1. The molecule has 0 radical (unpaired) electrons. The van der Waals surface area contributed by atoms with Gasteiger partial charge in [0.2, 0.25) is 0 Å². The van der Waals surface area contributed by atoms with Crippen LogP contribution in [0.3, 0.4) is 0 Å². The van der Waals surface area contributed by atoms with Crippen molar-refractivity contribution < 1.29 is 4.79 Å². The molecule has 5 nitrogen and oxygen atoms in total. The molecule has 3 rings (SSSR count). The van der Waals surface area contributed by atoms with E-state index in [1.165, 1.54) is 18.4 Å². The number of aromatic nitrogens is 2. The first kappa shape index (κ1) is 12.6. The molecule has 102 valence electrons. The summed E-state index contributed by atoms with van der Waals surface area (Å²) in [5, 5.41) is 8.02. The number of hydrogen-bond acceptors (Lipinski definition) is 4. The molecule has 0 saturated heterocycles. The van der Waals surface area contributed by atoms with Gasteiger partial charge in [-0.2, -0.15) is 0 Å². The van der Waals surface area contributed by atoms with Crippen LogP contribution in [0.1, 0.15) is 28.9 Å². The van der Waals surface area contributed by atoms with Crippen LogP contribution in [0.5, 0.6) is 0 Å². The van der Waals surface area contributed by atoms with Gasteiger partial charge in [0, 0.05) is 12.6 Å². The van der Waals surface area contributed by atoms with Crippen molar-refractivity contribution in [3.8, 4) is 0 Å². The van der Waals surface area contributed by atoms with E-state index in [1.54, 1.807) is 6.07 Å². The zero-order valence-electron chi connectivity index (χ0n) is 11.1. The minimum Gasteiger partial charge on any atom is -0.364 e. The number of nitrogens with zero attached hydrogens (tertiary/aromatic N) is 3. The van der Waals surface area contributed by atoms with Crippen molar-refractivity contribution in [2.45, 2.75) is 25.4 Å². The largest absolute Gasteiger partial charge is 0.364 e. The fourth-order valence-electron chi connectivity index (χ4n) is 2.17. The van der Waals surface area contributed by atoms with Gasteiger partial charge in [-0.3, -0.25) is 4.79 Å². The molecule has 1 heterocycles. The Labute approximate surface area is 117 Å². The topological polar surface area (TPSA) is 72.1 Å². The van der Waals surface area contributed by atoms with E-state index in [2.05, 4.69) is 27.2 Å². The maximum absolute atomic E-state index is 11.0. The van der Waals surface area contributed by atoms with Crippen molar-refractivity contribution in [3.05, 3.63) is 53.7 Å². The number of rotatable bonds is 5. The highest BCUT2D eigenvalue weighted by Crippen LogP contribution is 2.31. The maximum atomic E-state index is 11.0. The van der Waals surface area contributed by atoms with Crippen LogP contribution in [0, 0.1) is 0 Å². The Morgan fingerprint density at radius 3 is 2.45 bits per heavy atom. The third-order valence-electron chi connectivity index (χ3n) is 3.38. The van der Waals surface area contributed by atoms with E-state index in [0.717, 1.165) is 12.4 Å². The average Bonchev–Trinajstić information content (AvgIpc) is 3.30. The average molecular weight is 268 g/mol. The third-order valence-corrected chi connectivity index (χ3v) is 3.38. The zero-order valence-corrected chi connectivity index (χ0v) is 11.1. The predicted molar refractivity (Wildman–Crippen MR) is 76.2 cm³/mol. The van der Waals surface area contributed by atoms with E-state index < -0.39 is 5.91 Å². The summed E-state index contributed by atoms with van der Waals surface area (Å²) in [6, 6.07) is 14.2. The summed E-state index contributed by atoms with van der Waals surface area (Å²) in [4.78, 5) is 13.3. The number of amides is 1. The quantitative estimate of drug-likeness (QED) is 0.896. The molecular formula is C15H16N4O. The van der Waals surface area contributed by atoms with Crippen LogP contribution < -0.4 is 10.6 Å². The van der Waals surface area contributed by atoms with Gasteiger partial charge >= 0.3 is 0 Å². The van der Waals surface area contributed by atoms with Gasteiger partial charge in [0.1, 0.15) is 0 Å². The number of carbonyl (C=O) groups excluding carboxylic acids is 1. The van der Waals surface area contributed by atoms with Gasteiger partial charge in [0.25, 0.3) is 5.91 Å². The lowest BCUT2D eigenvalue weighted by Crippen LogP contribution is -2.26. The Balaban J connectivity index is 1.82. The van der Waals surface area contributed by atoms with Crippen LogP contribution in [0.2, 0.25) is 0 Å².